The summed E-state index contributed by atoms with van der Waals surface area (Å²) in [5.41, 5.74) is 1.19. The van der Waals surface area contributed by atoms with Crippen LogP contribution in [0.25, 0.3) is 0 Å². The molecule has 1 nitrogen and oxygen atoms in total. The quantitative estimate of drug-likeness (QED) is 0.850. The van der Waals surface area contributed by atoms with E-state index in [9.17, 15) is 0 Å². The Hall–Kier alpha value is -0.240. The zero-order valence-electron chi connectivity index (χ0n) is 9.47. The summed E-state index contributed by atoms with van der Waals surface area (Å²) < 4.78 is 0. The largest absolute Gasteiger partial charge is 0.310 e. The number of halogens is 2. The summed E-state index contributed by atoms with van der Waals surface area (Å²) >= 11 is 11.8. The first-order valence-corrected chi connectivity index (χ1v) is 6.59. The molecule has 3 heteroatoms. The second kappa shape index (κ2) is 5.39. The maximum absolute atomic E-state index is 5.97. The van der Waals surface area contributed by atoms with Crippen molar-refractivity contribution in [3.63, 3.8) is 0 Å². The Morgan fingerprint density at radius 3 is 2.62 bits per heavy atom. The van der Waals surface area contributed by atoms with Gasteiger partial charge in [0, 0.05) is 12.6 Å². The Morgan fingerprint density at radius 2 is 2.06 bits per heavy atom. The second-order valence-corrected chi connectivity index (χ2v) is 5.42. The lowest BCUT2D eigenvalue weighted by Crippen LogP contribution is -2.36. The van der Waals surface area contributed by atoms with Crippen LogP contribution in [0.1, 0.15) is 31.7 Å². The lowest BCUT2D eigenvalue weighted by atomic mass is 9.80. The van der Waals surface area contributed by atoms with Crippen molar-refractivity contribution in [2.24, 2.45) is 5.92 Å². The van der Waals surface area contributed by atoms with Gasteiger partial charge in [-0.25, -0.2) is 0 Å². The van der Waals surface area contributed by atoms with Gasteiger partial charge in [-0.15, -0.1) is 0 Å². The summed E-state index contributed by atoms with van der Waals surface area (Å²) in [6.45, 7) is 3.13. The highest BCUT2D eigenvalue weighted by atomic mass is 35.5. The van der Waals surface area contributed by atoms with Gasteiger partial charge in [0.15, 0.2) is 0 Å². The molecule has 0 radical (unpaired) electrons. The molecule has 1 N–H and O–H groups in total. The maximum Gasteiger partial charge on any atom is 0.0595 e. The zero-order valence-corrected chi connectivity index (χ0v) is 11.0. The summed E-state index contributed by atoms with van der Waals surface area (Å²) in [4.78, 5) is 0. The fourth-order valence-electron chi connectivity index (χ4n) is 2.03. The van der Waals surface area contributed by atoms with Gasteiger partial charge in [0.2, 0.25) is 0 Å². The van der Waals surface area contributed by atoms with Gasteiger partial charge in [-0.1, -0.05) is 35.7 Å². The minimum atomic E-state index is 0.600. The van der Waals surface area contributed by atoms with E-state index in [0.29, 0.717) is 16.1 Å². The fraction of sp³-hybridized carbons (Fsp3) is 0.538. The van der Waals surface area contributed by atoms with Gasteiger partial charge < -0.3 is 5.32 Å². The monoisotopic (exact) mass is 257 g/mol. The van der Waals surface area contributed by atoms with Gasteiger partial charge in [-0.2, -0.15) is 0 Å². The average Bonchev–Trinajstić information content (AvgIpc) is 2.17. The highest BCUT2D eigenvalue weighted by Gasteiger charge is 2.23. The Bertz CT molecular complexity index is 361. The third-order valence-electron chi connectivity index (χ3n) is 3.47. The van der Waals surface area contributed by atoms with Crippen LogP contribution >= 0.6 is 23.2 Å². The number of benzene rings is 1. The summed E-state index contributed by atoms with van der Waals surface area (Å²) in [5.74, 6) is 0.864. The molecule has 0 bridgehead atoms. The van der Waals surface area contributed by atoms with Gasteiger partial charge in [0.1, 0.15) is 0 Å². The van der Waals surface area contributed by atoms with E-state index < -0.39 is 0 Å². The molecule has 16 heavy (non-hydrogen) atoms. The second-order valence-electron chi connectivity index (χ2n) is 4.61. The van der Waals surface area contributed by atoms with Crippen molar-refractivity contribution in [1.29, 1.82) is 0 Å². The first-order valence-electron chi connectivity index (χ1n) is 5.84. The third kappa shape index (κ3) is 2.91. The molecule has 0 aromatic heterocycles. The van der Waals surface area contributed by atoms with Gasteiger partial charge in [0.25, 0.3) is 0 Å². The number of nitrogens with one attached hydrogen (secondary N) is 1. The molecule has 1 aromatic rings. The van der Waals surface area contributed by atoms with E-state index in [-0.39, 0.29) is 0 Å². The smallest absolute Gasteiger partial charge is 0.0595 e. The molecule has 1 aliphatic carbocycles. The standard InChI is InChI=1S/C13H17Cl2N/c1-9(11-3-2-4-11)16-8-10-5-6-12(14)13(15)7-10/h5-7,9,11,16H,2-4,8H2,1H3. The van der Waals surface area contributed by atoms with Crippen molar-refractivity contribution < 1.29 is 0 Å². The Morgan fingerprint density at radius 1 is 1.31 bits per heavy atom. The van der Waals surface area contributed by atoms with Crippen molar-refractivity contribution in [1.82, 2.24) is 5.32 Å². The number of hydrogen-bond acceptors (Lipinski definition) is 1. The molecule has 0 heterocycles. The van der Waals surface area contributed by atoms with Gasteiger partial charge >= 0.3 is 0 Å². The van der Waals surface area contributed by atoms with E-state index in [4.69, 9.17) is 23.2 Å². The molecule has 0 saturated heterocycles. The van der Waals surface area contributed by atoms with Crippen LogP contribution < -0.4 is 5.32 Å². The van der Waals surface area contributed by atoms with Crippen molar-refractivity contribution in [3.8, 4) is 0 Å². The lowest BCUT2D eigenvalue weighted by molar-refractivity contribution is 0.240. The Kier molecular flexibility index (Phi) is 4.12. The summed E-state index contributed by atoms with van der Waals surface area (Å²) in [7, 11) is 0. The minimum Gasteiger partial charge on any atom is -0.310 e. The minimum absolute atomic E-state index is 0.600. The van der Waals surface area contributed by atoms with Crippen molar-refractivity contribution in [2.45, 2.75) is 38.8 Å². The first-order chi connectivity index (χ1) is 7.66. The van der Waals surface area contributed by atoms with Gasteiger partial charge in [0.05, 0.1) is 10.0 Å². The van der Waals surface area contributed by atoms with Gasteiger partial charge in [-0.3, -0.25) is 0 Å². The maximum atomic E-state index is 5.97. The molecule has 1 atom stereocenters. The molecule has 88 valence electrons. The van der Waals surface area contributed by atoms with Crippen LogP contribution in [0.2, 0.25) is 10.0 Å². The molecule has 1 saturated carbocycles. The van der Waals surface area contributed by atoms with E-state index in [1.54, 1.807) is 0 Å². The van der Waals surface area contributed by atoms with E-state index in [0.717, 1.165) is 12.5 Å². The number of hydrogen-bond donors (Lipinski definition) is 1. The normalized spacial score (nSPS) is 18.2. The molecule has 1 unspecified atom stereocenters. The van der Waals surface area contributed by atoms with Crippen LogP contribution in [0.5, 0.6) is 0 Å². The van der Waals surface area contributed by atoms with Crippen LogP contribution in [0.4, 0.5) is 0 Å². The summed E-state index contributed by atoms with van der Waals surface area (Å²) in [6.07, 6.45) is 4.13. The van der Waals surface area contributed by atoms with E-state index in [1.807, 2.05) is 18.2 Å². The Balaban J connectivity index is 1.86. The highest BCUT2D eigenvalue weighted by molar-refractivity contribution is 6.42. The molecule has 0 aliphatic heterocycles. The molecule has 0 amide bonds. The Labute approximate surface area is 107 Å². The molecule has 1 aliphatic rings. The fourth-order valence-corrected chi connectivity index (χ4v) is 2.36. The predicted octanol–water partition coefficient (Wildman–Crippen LogP) is 4.27. The van der Waals surface area contributed by atoms with Crippen LogP contribution in [-0.4, -0.2) is 6.04 Å². The predicted molar refractivity (Wildman–Crippen MR) is 70.1 cm³/mol. The van der Waals surface area contributed by atoms with Crippen molar-refractivity contribution >= 4 is 23.2 Å². The van der Waals surface area contributed by atoms with E-state index >= 15 is 0 Å². The van der Waals surface area contributed by atoms with Crippen molar-refractivity contribution in [3.05, 3.63) is 33.8 Å². The molecule has 1 fully saturated rings. The molecular weight excluding hydrogens is 241 g/mol. The first kappa shape index (κ1) is 12.2. The lowest BCUT2D eigenvalue weighted by Gasteiger charge is -2.32. The summed E-state index contributed by atoms with van der Waals surface area (Å²) in [5, 5.41) is 4.80. The SMILES string of the molecule is CC(NCc1ccc(Cl)c(Cl)c1)C1CCC1. The van der Waals surface area contributed by atoms with Crippen molar-refractivity contribution in [2.75, 3.05) is 0 Å². The zero-order chi connectivity index (χ0) is 11.5. The van der Waals surface area contributed by atoms with Crippen LogP contribution in [0.15, 0.2) is 18.2 Å². The average molecular weight is 258 g/mol. The molecule has 2 rings (SSSR count). The van der Waals surface area contributed by atoms with E-state index in [1.165, 1.54) is 24.8 Å². The van der Waals surface area contributed by atoms with E-state index in [2.05, 4.69) is 12.2 Å². The molecule has 0 spiro atoms. The summed E-state index contributed by atoms with van der Waals surface area (Å²) in [6, 6.07) is 6.41. The van der Waals surface area contributed by atoms with Crippen LogP contribution in [0, 0.1) is 5.92 Å². The van der Waals surface area contributed by atoms with Gasteiger partial charge in [-0.05, 0) is 43.4 Å². The third-order valence-corrected chi connectivity index (χ3v) is 4.21. The molecule has 1 aromatic carbocycles. The van der Waals surface area contributed by atoms with Crippen LogP contribution in [0.3, 0.4) is 0 Å². The highest BCUT2D eigenvalue weighted by Crippen LogP contribution is 2.29. The molecular formula is C13H17Cl2N. The number of rotatable bonds is 4. The topological polar surface area (TPSA) is 12.0 Å². The van der Waals surface area contributed by atoms with Crippen LogP contribution in [-0.2, 0) is 6.54 Å².